The van der Waals surface area contributed by atoms with Crippen LogP contribution in [0.5, 0.6) is 0 Å². The van der Waals surface area contributed by atoms with Crippen LogP contribution in [0.3, 0.4) is 0 Å². The standard InChI is InChI=1S/C11H25N3O/c1-5-11(15,6-2)8-14-10(12)13-7-9(3)4/h9,15H,5-8H2,1-4H3,(H3,12,13,14). The number of hydrogen-bond acceptors (Lipinski definition) is 2. The molecule has 0 unspecified atom stereocenters. The number of aliphatic hydroxyl groups is 1. The second-order valence-electron chi connectivity index (χ2n) is 4.41. The summed E-state index contributed by atoms with van der Waals surface area (Å²) in [6.45, 7) is 9.31. The summed E-state index contributed by atoms with van der Waals surface area (Å²) in [6, 6.07) is 0. The molecule has 90 valence electrons. The molecule has 0 fully saturated rings. The van der Waals surface area contributed by atoms with Crippen LogP contribution in [0.15, 0.2) is 4.99 Å². The number of hydrogen-bond donors (Lipinski definition) is 3. The molecule has 0 atom stereocenters. The van der Waals surface area contributed by atoms with E-state index >= 15 is 0 Å². The zero-order chi connectivity index (χ0) is 11.9. The Kier molecular flexibility index (Phi) is 6.32. The van der Waals surface area contributed by atoms with E-state index in [9.17, 15) is 5.11 Å². The van der Waals surface area contributed by atoms with Crippen molar-refractivity contribution in [2.24, 2.45) is 16.6 Å². The fraction of sp³-hybridized carbons (Fsp3) is 0.909. The molecule has 0 aromatic heterocycles. The maximum Gasteiger partial charge on any atom is 0.188 e. The average molecular weight is 215 g/mol. The normalized spacial score (nSPS) is 13.3. The second kappa shape index (κ2) is 6.67. The summed E-state index contributed by atoms with van der Waals surface area (Å²) in [5.41, 5.74) is 4.96. The lowest BCUT2D eigenvalue weighted by atomic mass is 9.98. The largest absolute Gasteiger partial charge is 0.388 e. The molecule has 0 spiro atoms. The van der Waals surface area contributed by atoms with Gasteiger partial charge in [0.2, 0.25) is 0 Å². The molecule has 0 aromatic carbocycles. The van der Waals surface area contributed by atoms with Crippen LogP contribution in [0.4, 0.5) is 0 Å². The molecule has 0 saturated heterocycles. The maximum absolute atomic E-state index is 9.96. The number of nitrogens with zero attached hydrogens (tertiary/aromatic N) is 1. The van der Waals surface area contributed by atoms with Gasteiger partial charge in [0.05, 0.1) is 12.1 Å². The van der Waals surface area contributed by atoms with Crippen molar-refractivity contribution in [3.05, 3.63) is 0 Å². The smallest absolute Gasteiger partial charge is 0.188 e. The lowest BCUT2D eigenvalue weighted by Crippen LogP contribution is -2.37. The quantitative estimate of drug-likeness (QED) is 0.459. The molecule has 15 heavy (non-hydrogen) atoms. The summed E-state index contributed by atoms with van der Waals surface area (Å²) in [7, 11) is 0. The first-order chi connectivity index (χ1) is 6.93. The van der Waals surface area contributed by atoms with Crippen LogP contribution in [0.2, 0.25) is 0 Å². The number of aliphatic imine (C=N–C) groups is 1. The fourth-order valence-corrected chi connectivity index (χ4v) is 1.07. The van der Waals surface area contributed by atoms with Crippen molar-refractivity contribution in [1.29, 1.82) is 0 Å². The van der Waals surface area contributed by atoms with Gasteiger partial charge >= 0.3 is 0 Å². The molecule has 0 radical (unpaired) electrons. The molecular formula is C11H25N3O. The SMILES string of the molecule is CCC(O)(CC)CN=C(N)NCC(C)C. The van der Waals surface area contributed by atoms with Gasteiger partial charge in [-0.25, -0.2) is 0 Å². The van der Waals surface area contributed by atoms with Gasteiger partial charge in [0, 0.05) is 6.54 Å². The van der Waals surface area contributed by atoms with Crippen LogP contribution in [0, 0.1) is 5.92 Å². The highest BCUT2D eigenvalue weighted by Crippen LogP contribution is 2.14. The Hall–Kier alpha value is -0.770. The maximum atomic E-state index is 9.96. The predicted octanol–water partition coefficient (Wildman–Crippen LogP) is 1.10. The average Bonchev–Trinajstić information content (AvgIpc) is 2.23. The van der Waals surface area contributed by atoms with Gasteiger partial charge in [0.1, 0.15) is 0 Å². The van der Waals surface area contributed by atoms with Crippen molar-refractivity contribution >= 4 is 5.96 Å². The molecule has 4 heteroatoms. The van der Waals surface area contributed by atoms with Gasteiger partial charge in [0.15, 0.2) is 5.96 Å². The summed E-state index contributed by atoms with van der Waals surface area (Å²) in [4.78, 5) is 4.14. The minimum Gasteiger partial charge on any atom is -0.388 e. The molecule has 0 rings (SSSR count). The van der Waals surface area contributed by atoms with E-state index in [1.807, 2.05) is 13.8 Å². The molecule has 0 heterocycles. The topological polar surface area (TPSA) is 70.6 Å². The van der Waals surface area contributed by atoms with Crippen molar-refractivity contribution in [3.8, 4) is 0 Å². The van der Waals surface area contributed by atoms with Crippen molar-refractivity contribution in [3.63, 3.8) is 0 Å². The van der Waals surface area contributed by atoms with Gasteiger partial charge < -0.3 is 16.2 Å². The Morgan fingerprint density at radius 2 is 1.93 bits per heavy atom. The minimum absolute atomic E-state index is 0.372. The summed E-state index contributed by atoms with van der Waals surface area (Å²) in [5.74, 6) is 0.957. The van der Waals surface area contributed by atoms with Crippen molar-refractivity contribution in [1.82, 2.24) is 5.32 Å². The fourth-order valence-electron chi connectivity index (χ4n) is 1.07. The lowest BCUT2D eigenvalue weighted by Gasteiger charge is -2.22. The molecule has 0 aliphatic rings. The third-order valence-electron chi connectivity index (χ3n) is 2.55. The first-order valence-corrected chi connectivity index (χ1v) is 5.69. The summed E-state index contributed by atoms with van der Waals surface area (Å²) in [5, 5.41) is 13.0. The molecule has 4 nitrogen and oxygen atoms in total. The third-order valence-corrected chi connectivity index (χ3v) is 2.55. The lowest BCUT2D eigenvalue weighted by molar-refractivity contribution is 0.0418. The number of nitrogens with two attached hydrogens (primary N) is 1. The van der Waals surface area contributed by atoms with Crippen LogP contribution < -0.4 is 11.1 Å². The highest BCUT2D eigenvalue weighted by molar-refractivity contribution is 5.77. The van der Waals surface area contributed by atoms with Crippen LogP contribution >= 0.6 is 0 Å². The zero-order valence-electron chi connectivity index (χ0n) is 10.4. The summed E-state index contributed by atoms with van der Waals surface area (Å²) >= 11 is 0. The van der Waals surface area contributed by atoms with Gasteiger partial charge in [-0.2, -0.15) is 0 Å². The van der Waals surface area contributed by atoms with Gasteiger partial charge in [0.25, 0.3) is 0 Å². The summed E-state index contributed by atoms with van der Waals surface area (Å²) in [6.07, 6.45) is 1.40. The van der Waals surface area contributed by atoms with Gasteiger partial charge in [-0.1, -0.05) is 27.7 Å². The molecule has 0 saturated carbocycles. The Morgan fingerprint density at radius 1 is 1.40 bits per heavy atom. The number of guanidine groups is 1. The van der Waals surface area contributed by atoms with Crippen LogP contribution in [-0.2, 0) is 0 Å². The molecule has 4 N–H and O–H groups in total. The summed E-state index contributed by atoms with van der Waals surface area (Å²) < 4.78 is 0. The van der Waals surface area contributed by atoms with Crippen molar-refractivity contribution in [2.45, 2.75) is 46.1 Å². The minimum atomic E-state index is -0.704. The van der Waals surface area contributed by atoms with E-state index in [0.29, 0.717) is 31.3 Å². The Bertz CT molecular complexity index is 198. The van der Waals surface area contributed by atoms with Gasteiger partial charge in [-0.3, -0.25) is 4.99 Å². The monoisotopic (exact) mass is 215 g/mol. The van der Waals surface area contributed by atoms with E-state index in [-0.39, 0.29) is 0 Å². The van der Waals surface area contributed by atoms with Gasteiger partial charge in [-0.05, 0) is 18.8 Å². The molecular weight excluding hydrogens is 190 g/mol. The Balaban J connectivity index is 4.03. The van der Waals surface area contributed by atoms with Gasteiger partial charge in [-0.15, -0.1) is 0 Å². The van der Waals surface area contributed by atoms with E-state index in [0.717, 1.165) is 6.54 Å². The molecule has 0 aliphatic carbocycles. The number of rotatable bonds is 6. The highest BCUT2D eigenvalue weighted by Gasteiger charge is 2.21. The Labute approximate surface area is 93.0 Å². The third kappa shape index (κ3) is 6.33. The zero-order valence-corrected chi connectivity index (χ0v) is 10.4. The van der Waals surface area contributed by atoms with Crippen LogP contribution in [0.1, 0.15) is 40.5 Å². The second-order valence-corrected chi connectivity index (χ2v) is 4.41. The van der Waals surface area contributed by atoms with E-state index in [1.54, 1.807) is 0 Å². The number of nitrogens with one attached hydrogen (secondary N) is 1. The molecule has 0 bridgehead atoms. The molecule has 0 aromatic rings. The van der Waals surface area contributed by atoms with E-state index in [1.165, 1.54) is 0 Å². The predicted molar refractivity (Wildman–Crippen MR) is 64.9 cm³/mol. The van der Waals surface area contributed by atoms with Crippen molar-refractivity contribution in [2.75, 3.05) is 13.1 Å². The van der Waals surface area contributed by atoms with Crippen LogP contribution in [0.25, 0.3) is 0 Å². The van der Waals surface area contributed by atoms with E-state index in [2.05, 4.69) is 24.2 Å². The molecule has 0 aliphatic heterocycles. The Morgan fingerprint density at radius 3 is 2.33 bits per heavy atom. The van der Waals surface area contributed by atoms with Crippen LogP contribution in [-0.4, -0.2) is 29.8 Å². The van der Waals surface area contributed by atoms with Crippen molar-refractivity contribution < 1.29 is 5.11 Å². The van der Waals surface area contributed by atoms with E-state index < -0.39 is 5.60 Å². The highest BCUT2D eigenvalue weighted by atomic mass is 16.3. The molecule has 0 amide bonds. The first kappa shape index (κ1) is 14.2. The first-order valence-electron chi connectivity index (χ1n) is 5.69. The van der Waals surface area contributed by atoms with E-state index in [4.69, 9.17) is 5.73 Å².